The van der Waals surface area contributed by atoms with E-state index in [4.69, 9.17) is 9.15 Å². The summed E-state index contributed by atoms with van der Waals surface area (Å²) >= 11 is 1.64. The monoisotopic (exact) mass is 243 g/mol. The van der Waals surface area contributed by atoms with E-state index in [9.17, 15) is 0 Å². The fraction of sp³-hybridized carbons (Fsp3) is 0.154. The summed E-state index contributed by atoms with van der Waals surface area (Å²) in [6.45, 7) is 0.755. The van der Waals surface area contributed by atoms with Gasteiger partial charge in [0.15, 0.2) is 0 Å². The number of aromatic nitrogens is 1. The molecule has 0 spiro atoms. The molecule has 4 heterocycles. The summed E-state index contributed by atoms with van der Waals surface area (Å²) in [5.74, 6) is 1.69. The van der Waals surface area contributed by atoms with Crippen LogP contribution in [-0.2, 0) is 6.42 Å². The largest absolute Gasteiger partial charge is 0.477 e. The average molecular weight is 243 g/mol. The van der Waals surface area contributed by atoms with E-state index in [1.54, 1.807) is 17.6 Å². The molecule has 17 heavy (non-hydrogen) atoms. The Kier molecular flexibility index (Phi) is 1.82. The van der Waals surface area contributed by atoms with Crippen LogP contribution in [0.4, 0.5) is 0 Å². The maximum absolute atomic E-state index is 5.48. The highest BCUT2D eigenvalue weighted by Gasteiger charge is 2.16. The molecule has 0 amide bonds. The summed E-state index contributed by atoms with van der Waals surface area (Å²) in [6, 6.07) is 8.17. The molecule has 1 aliphatic rings. The molecule has 0 radical (unpaired) electrons. The Morgan fingerprint density at radius 3 is 3.18 bits per heavy atom. The van der Waals surface area contributed by atoms with E-state index >= 15 is 0 Å². The van der Waals surface area contributed by atoms with Crippen molar-refractivity contribution in [3.8, 4) is 16.5 Å². The molecule has 0 unspecified atom stereocenters. The van der Waals surface area contributed by atoms with Crippen molar-refractivity contribution in [1.82, 2.24) is 4.98 Å². The molecule has 0 saturated carbocycles. The molecule has 0 aliphatic carbocycles. The molecule has 0 aromatic carbocycles. The van der Waals surface area contributed by atoms with E-state index in [1.165, 1.54) is 10.9 Å². The van der Waals surface area contributed by atoms with Crippen molar-refractivity contribution in [2.24, 2.45) is 0 Å². The van der Waals surface area contributed by atoms with Crippen LogP contribution >= 0.6 is 11.3 Å². The van der Waals surface area contributed by atoms with Crippen molar-refractivity contribution in [3.63, 3.8) is 0 Å². The summed E-state index contributed by atoms with van der Waals surface area (Å²) in [5, 5.41) is 1.17. The highest BCUT2D eigenvalue weighted by atomic mass is 32.1. The zero-order valence-corrected chi connectivity index (χ0v) is 9.79. The van der Waals surface area contributed by atoms with Gasteiger partial charge in [-0.2, -0.15) is 0 Å². The molecule has 0 saturated heterocycles. The van der Waals surface area contributed by atoms with Crippen molar-refractivity contribution < 1.29 is 9.15 Å². The molecule has 0 atom stereocenters. The van der Waals surface area contributed by atoms with Gasteiger partial charge in [-0.15, -0.1) is 11.3 Å². The maximum Gasteiger partial charge on any atom is 0.218 e. The molecule has 3 aromatic heterocycles. The molecule has 0 fully saturated rings. The van der Waals surface area contributed by atoms with E-state index in [2.05, 4.69) is 17.1 Å². The topological polar surface area (TPSA) is 35.3 Å². The summed E-state index contributed by atoms with van der Waals surface area (Å²) in [7, 11) is 0. The first-order chi connectivity index (χ1) is 8.40. The maximum atomic E-state index is 5.48. The lowest BCUT2D eigenvalue weighted by atomic mass is 10.2. The van der Waals surface area contributed by atoms with E-state index < -0.39 is 0 Å². The lowest BCUT2D eigenvalue weighted by molar-refractivity contribution is 0.346. The van der Waals surface area contributed by atoms with Gasteiger partial charge in [0.05, 0.1) is 17.7 Å². The first-order valence-electron chi connectivity index (χ1n) is 5.50. The third-order valence-electron chi connectivity index (χ3n) is 2.92. The second kappa shape index (κ2) is 3.34. The molecule has 3 nitrogen and oxygen atoms in total. The van der Waals surface area contributed by atoms with Crippen LogP contribution < -0.4 is 4.74 Å². The van der Waals surface area contributed by atoms with Gasteiger partial charge in [0.25, 0.3) is 0 Å². The van der Waals surface area contributed by atoms with E-state index in [0.717, 1.165) is 34.4 Å². The van der Waals surface area contributed by atoms with Crippen LogP contribution in [0.1, 0.15) is 5.56 Å². The summed E-state index contributed by atoms with van der Waals surface area (Å²) in [6.07, 6.45) is 2.65. The Bertz CT molecular complexity index is 644. The fourth-order valence-corrected chi connectivity index (χ4v) is 3.08. The SMILES string of the molecule is c1coc(-c2cc3cc4c(nc3s2)OCC4)c1. The van der Waals surface area contributed by atoms with Gasteiger partial charge in [-0.1, -0.05) is 0 Å². The number of hydrogen-bond acceptors (Lipinski definition) is 4. The van der Waals surface area contributed by atoms with Crippen LogP contribution in [0.15, 0.2) is 34.9 Å². The predicted octanol–water partition coefficient (Wildman–Crippen LogP) is 3.49. The molecule has 1 aliphatic heterocycles. The molecular weight excluding hydrogens is 234 g/mol. The number of ether oxygens (including phenoxy) is 1. The predicted molar refractivity (Wildman–Crippen MR) is 66.5 cm³/mol. The number of fused-ring (bicyclic) bond motifs is 2. The van der Waals surface area contributed by atoms with Crippen molar-refractivity contribution in [3.05, 3.63) is 36.1 Å². The Morgan fingerprint density at radius 2 is 2.29 bits per heavy atom. The Hall–Kier alpha value is -1.81. The van der Waals surface area contributed by atoms with E-state index in [-0.39, 0.29) is 0 Å². The number of rotatable bonds is 1. The van der Waals surface area contributed by atoms with Crippen molar-refractivity contribution in [2.75, 3.05) is 6.61 Å². The normalized spacial score (nSPS) is 13.9. The standard InChI is InChI=1S/C13H9NO2S/c1-2-10(15-4-1)11-7-9-6-8-3-5-16-12(8)14-13(9)17-11/h1-2,4,6-7H,3,5H2. The molecule has 0 N–H and O–H groups in total. The lowest BCUT2D eigenvalue weighted by Gasteiger charge is -1.96. The molecule has 4 rings (SSSR count). The third kappa shape index (κ3) is 1.37. The number of thiophene rings is 1. The number of furan rings is 1. The minimum Gasteiger partial charge on any atom is -0.477 e. The number of hydrogen-bond donors (Lipinski definition) is 0. The van der Waals surface area contributed by atoms with Gasteiger partial charge in [-0.3, -0.25) is 0 Å². The summed E-state index contributed by atoms with van der Waals surface area (Å²) < 4.78 is 10.9. The second-order valence-electron chi connectivity index (χ2n) is 4.03. The minimum atomic E-state index is 0.755. The van der Waals surface area contributed by atoms with Crippen molar-refractivity contribution >= 4 is 21.6 Å². The molecule has 84 valence electrons. The first-order valence-corrected chi connectivity index (χ1v) is 6.32. The van der Waals surface area contributed by atoms with Crippen LogP contribution in [0.2, 0.25) is 0 Å². The fourth-order valence-electron chi connectivity index (χ4n) is 2.10. The van der Waals surface area contributed by atoms with Crippen LogP contribution in [0.25, 0.3) is 20.9 Å². The highest BCUT2D eigenvalue weighted by Crippen LogP contribution is 2.36. The average Bonchev–Trinajstić information content (AvgIpc) is 3.05. The second-order valence-corrected chi connectivity index (χ2v) is 5.06. The van der Waals surface area contributed by atoms with Gasteiger partial charge in [-0.05, 0) is 24.3 Å². The Labute approximate surface area is 102 Å². The molecule has 4 heteroatoms. The summed E-state index contributed by atoms with van der Waals surface area (Å²) in [4.78, 5) is 6.66. The van der Waals surface area contributed by atoms with Gasteiger partial charge in [0, 0.05) is 17.4 Å². The first kappa shape index (κ1) is 9.24. The molecule has 3 aromatic rings. The van der Waals surface area contributed by atoms with E-state index in [0.29, 0.717) is 0 Å². The third-order valence-corrected chi connectivity index (χ3v) is 3.98. The molecule has 0 bridgehead atoms. The number of nitrogens with zero attached hydrogens (tertiary/aromatic N) is 1. The van der Waals surface area contributed by atoms with Gasteiger partial charge in [-0.25, -0.2) is 4.98 Å². The van der Waals surface area contributed by atoms with Crippen molar-refractivity contribution in [2.45, 2.75) is 6.42 Å². The van der Waals surface area contributed by atoms with Crippen molar-refractivity contribution in [1.29, 1.82) is 0 Å². The summed E-state index contributed by atoms with van der Waals surface area (Å²) in [5.41, 5.74) is 1.21. The minimum absolute atomic E-state index is 0.755. The Morgan fingerprint density at radius 1 is 1.29 bits per heavy atom. The van der Waals surface area contributed by atoms with Crippen LogP contribution in [0.3, 0.4) is 0 Å². The van der Waals surface area contributed by atoms with Crippen LogP contribution in [-0.4, -0.2) is 11.6 Å². The lowest BCUT2D eigenvalue weighted by Crippen LogP contribution is -1.87. The van der Waals surface area contributed by atoms with E-state index in [1.807, 2.05) is 12.1 Å². The quantitative estimate of drug-likeness (QED) is 0.656. The number of pyridine rings is 1. The zero-order valence-electron chi connectivity index (χ0n) is 8.97. The highest BCUT2D eigenvalue weighted by molar-refractivity contribution is 7.21. The zero-order chi connectivity index (χ0) is 11.2. The van der Waals surface area contributed by atoms with Gasteiger partial charge in [0.1, 0.15) is 10.6 Å². The van der Waals surface area contributed by atoms with Crippen LogP contribution in [0.5, 0.6) is 5.88 Å². The molecular formula is C13H9NO2S. The van der Waals surface area contributed by atoms with Gasteiger partial charge < -0.3 is 9.15 Å². The van der Waals surface area contributed by atoms with Gasteiger partial charge in [0.2, 0.25) is 5.88 Å². The smallest absolute Gasteiger partial charge is 0.218 e. The Balaban J connectivity index is 1.93. The van der Waals surface area contributed by atoms with Crippen LogP contribution in [0, 0.1) is 0 Å². The van der Waals surface area contributed by atoms with Gasteiger partial charge >= 0.3 is 0 Å².